The number of rotatable bonds is 3. The van der Waals surface area contributed by atoms with E-state index >= 15 is 0 Å². The Morgan fingerprint density at radius 2 is 1.85 bits per heavy atom. The second-order valence-corrected chi connectivity index (χ2v) is 6.38. The third kappa shape index (κ3) is 3.25. The average molecular weight is 387 g/mol. The summed E-state index contributed by atoms with van der Waals surface area (Å²) in [6.07, 6.45) is 2.30. The normalized spacial score (nSPS) is 11.9. The van der Waals surface area contributed by atoms with Gasteiger partial charge in [0, 0.05) is 24.2 Å². The van der Waals surface area contributed by atoms with Gasteiger partial charge in [-0.1, -0.05) is 23.9 Å². The lowest BCUT2D eigenvalue weighted by Crippen LogP contribution is -2.05. The first-order valence-corrected chi connectivity index (χ1v) is 9.08. The molecule has 0 bridgehead atoms. The Kier molecular flexibility index (Phi) is 4.31. The minimum Gasteiger partial charge on any atom is -0.283 e. The van der Waals surface area contributed by atoms with Crippen LogP contribution in [0.25, 0.3) is 28.4 Å². The number of nitrogens with zero attached hydrogens (tertiary/aromatic N) is 5. The van der Waals surface area contributed by atoms with Crippen molar-refractivity contribution in [3.63, 3.8) is 0 Å². The fraction of sp³-hybridized carbons (Fsp3) is 0.111. The molecule has 4 rings (SSSR count). The molecule has 136 valence electrons. The van der Waals surface area contributed by atoms with Crippen molar-refractivity contribution in [1.29, 1.82) is 0 Å². The van der Waals surface area contributed by atoms with Gasteiger partial charge in [-0.3, -0.25) is 4.40 Å². The lowest BCUT2D eigenvalue weighted by Gasteiger charge is -2.10. The number of imidazole rings is 1. The van der Waals surface area contributed by atoms with E-state index in [1.165, 1.54) is 17.8 Å². The second-order valence-electron chi connectivity index (χ2n) is 5.61. The molecule has 0 atom stereocenters. The first kappa shape index (κ1) is 17.5. The number of hydrogen-bond donors (Lipinski definition) is 0. The smallest absolute Gasteiger partial charge is 0.283 e. The molecule has 0 spiro atoms. The molecule has 0 aliphatic heterocycles. The molecule has 0 aliphatic rings. The van der Waals surface area contributed by atoms with Gasteiger partial charge in [-0.2, -0.15) is 13.2 Å². The van der Waals surface area contributed by atoms with Crippen LogP contribution in [0.15, 0.2) is 60.1 Å². The number of benzene rings is 1. The largest absolute Gasteiger partial charge is 0.416 e. The molecular weight excluding hydrogens is 375 g/mol. The van der Waals surface area contributed by atoms with Gasteiger partial charge in [-0.05, 0) is 30.5 Å². The topological polar surface area (TPSA) is 56.0 Å². The van der Waals surface area contributed by atoms with Crippen molar-refractivity contribution in [2.45, 2.75) is 11.3 Å². The summed E-state index contributed by atoms with van der Waals surface area (Å²) in [6.45, 7) is 0. The highest BCUT2D eigenvalue weighted by Gasteiger charge is 2.31. The van der Waals surface area contributed by atoms with Crippen LogP contribution in [0.1, 0.15) is 5.56 Å². The fourth-order valence-electron chi connectivity index (χ4n) is 2.76. The van der Waals surface area contributed by atoms with Gasteiger partial charge < -0.3 is 0 Å². The van der Waals surface area contributed by atoms with Crippen LogP contribution in [0.3, 0.4) is 0 Å². The fourth-order valence-corrected chi connectivity index (χ4v) is 3.11. The van der Waals surface area contributed by atoms with E-state index in [2.05, 4.69) is 19.9 Å². The summed E-state index contributed by atoms with van der Waals surface area (Å²) in [4.78, 5) is 17.3. The van der Waals surface area contributed by atoms with Crippen molar-refractivity contribution in [2.24, 2.45) is 0 Å². The minimum absolute atomic E-state index is 0.379. The van der Waals surface area contributed by atoms with Crippen LogP contribution in [0.5, 0.6) is 0 Å². The number of hydrogen-bond acceptors (Lipinski definition) is 5. The summed E-state index contributed by atoms with van der Waals surface area (Å²) in [7, 11) is 0. The van der Waals surface area contributed by atoms with E-state index in [0.29, 0.717) is 33.6 Å². The van der Waals surface area contributed by atoms with E-state index in [9.17, 15) is 13.2 Å². The van der Waals surface area contributed by atoms with Crippen molar-refractivity contribution in [2.75, 3.05) is 6.26 Å². The molecule has 9 heteroatoms. The molecule has 27 heavy (non-hydrogen) atoms. The standard InChI is InChI=1S/C18H12F3N5S/c1-27-17-23-8-6-13(24-17)14-15(26-9-3-7-22-16(26)25-14)11-4-2-5-12(10-11)18(19,20)21/h2-10H,1H3. The van der Waals surface area contributed by atoms with E-state index in [0.717, 1.165) is 12.1 Å². The van der Waals surface area contributed by atoms with Gasteiger partial charge in [-0.15, -0.1) is 0 Å². The number of fused-ring (bicyclic) bond motifs is 1. The third-order valence-corrected chi connectivity index (χ3v) is 4.49. The summed E-state index contributed by atoms with van der Waals surface area (Å²) in [5.41, 5.74) is 1.12. The van der Waals surface area contributed by atoms with Crippen molar-refractivity contribution in [3.05, 3.63) is 60.6 Å². The highest BCUT2D eigenvalue weighted by atomic mass is 32.2. The second kappa shape index (κ2) is 6.66. The molecule has 3 aromatic heterocycles. The van der Waals surface area contributed by atoms with Crippen molar-refractivity contribution < 1.29 is 13.2 Å². The van der Waals surface area contributed by atoms with Gasteiger partial charge >= 0.3 is 6.18 Å². The minimum atomic E-state index is -4.43. The Bertz CT molecular complexity index is 1120. The van der Waals surface area contributed by atoms with Crippen LogP contribution in [0, 0.1) is 0 Å². The van der Waals surface area contributed by atoms with Crippen LogP contribution < -0.4 is 0 Å². The highest BCUT2D eigenvalue weighted by Crippen LogP contribution is 2.36. The monoisotopic (exact) mass is 387 g/mol. The molecule has 4 aromatic rings. The molecule has 0 fully saturated rings. The third-order valence-electron chi connectivity index (χ3n) is 3.93. The van der Waals surface area contributed by atoms with Crippen molar-refractivity contribution >= 4 is 17.5 Å². The highest BCUT2D eigenvalue weighted by molar-refractivity contribution is 7.98. The zero-order valence-corrected chi connectivity index (χ0v) is 14.8. The summed E-state index contributed by atoms with van der Waals surface area (Å²) in [5, 5.41) is 0.549. The van der Waals surface area contributed by atoms with Crippen LogP contribution in [-0.4, -0.2) is 30.6 Å². The zero-order valence-electron chi connectivity index (χ0n) is 14.0. The van der Waals surface area contributed by atoms with Gasteiger partial charge in [0.25, 0.3) is 0 Å². The number of halogens is 3. The molecule has 1 aromatic carbocycles. The van der Waals surface area contributed by atoms with Gasteiger partial charge in [0.15, 0.2) is 5.16 Å². The lowest BCUT2D eigenvalue weighted by atomic mass is 10.0. The maximum absolute atomic E-state index is 13.2. The molecule has 0 unspecified atom stereocenters. The van der Waals surface area contributed by atoms with Crippen LogP contribution >= 0.6 is 11.8 Å². The Morgan fingerprint density at radius 1 is 1.00 bits per heavy atom. The first-order chi connectivity index (χ1) is 13.0. The molecule has 0 saturated heterocycles. The average Bonchev–Trinajstić information content (AvgIpc) is 3.07. The van der Waals surface area contributed by atoms with E-state index < -0.39 is 11.7 Å². The molecule has 0 amide bonds. The van der Waals surface area contributed by atoms with E-state index in [-0.39, 0.29) is 0 Å². The predicted molar refractivity (Wildman–Crippen MR) is 96.2 cm³/mol. The molecule has 0 radical (unpaired) electrons. The van der Waals surface area contributed by atoms with Crippen molar-refractivity contribution in [1.82, 2.24) is 24.3 Å². The molecule has 0 N–H and O–H groups in total. The summed E-state index contributed by atoms with van der Waals surface area (Å²) < 4.78 is 41.2. The predicted octanol–water partition coefficient (Wildman–Crippen LogP) is 4.59. The summed E-state index contributed by atoms with van der Waals surface area (Å²) in [5.74, 6) is 0.379. The number of alkyl halides is 3. The Labute approximate surface area is 156 Å². The summed E-state index contributed by atoms with van der Waals surface area (Å²) >= 11 is 1.37. The Morgan fingerprint density at radius 3 is 2.63 bits per heavy atom. The van der Waals surface area contributed by atoms with Gasteiger partial charge in [-0.25, -0.2) is 19.9 Å². The number of aromatic nitrogens is 5. The molecule has 5 nitrogen and oxygen atoms in total. The maximum Gasteiger partial charge on any atom is 0.416 e. The lowest BCUT2D eigenvalue weighted by molar-refractivity contribution is -0.137. The zero-order chi connectivity index (χ0) is 19.0. The van der Waals surface area contributed by atoms with Crippen LogP contribution in [0.4, 0.5) is 13.2 Å². The molecule has 0 aliphatic carbocycles. The SMILES string of the molecule is CSc1nccc(-c2nc3ncccn3c2-c2cccc(C(F)(F)F)c2)n1. The van der Waals surface area contributed by atoms with E-state index in [1.54, 1.807) is 41.2 Å². The van der Waals surface area contributed by atoms with Crippen molar-refractivity contribution in [3.8, 4) is 22.6 Å². The van der Waals surface area contributed by atoms with Gasteiger partial charge in [0.2, 0.25) is 5.78 Å². The Hall–Kier alpha value is -2.94. The van der Waals surface area contributed by atoms with Crippen LogP contribution in [0.2, 0.25) is 0 Å². The molecule has 3 heterocycles. The number of thioether (sulfide) groups is 1. The quantitative estimate of drug-likeness (QED) is 0.380. The molecule has 0 saturated carbocycles. The Balaban J connectivity index is 1.99. The van der Waals surface area contributed by atoms with Crippen LogP contribution in [-0.2, 0) is 6.18 Å². The van der Waals surface area contributed by atoms with E-state index in [1.807, 2.05) is 6.26 Å². The summed E-state index contributed by atoms with van der Waals surface area (Å²) in [6, 6.07) is 8.52. The maximum atomic E-state index is 13.2. The van der Waals surface area contributed by atoms with Gasteiger partial charge in [0.05, 0.1) is 17.0 Å². The van der Waals surface area contributed by atoms with E-state index in [4.69, 9.17) is 0 Å². The first-order valence-electron chi connectivity index (χ1n) is 7.85. The molecular formula is C18H12F3N5S. The van der Waals surface area contributed by atoms with Gasteiger partial charge in [0.1, 0.15) is 5.69 Å².